The smallest absolute Gasteiger partial charge is 0.160 e. The van der Waals surface area contributed by atoms with Gasteiger partial charge in [0.25, 0.3) is 0 Å². The van der Waals surface area contributed by atoms with Crippen molar-refractivity contribution in [2.24, 2.45) is 5.41 Å². The van der Waals surface area contributed by atoms with Gasteiger partial charge in [0, 0.05) is 5.41 Å². The molecule has 2 rings (SSSR count). The van der Waals surface area contributed by atoms with Gasteiger partial charge in [-0.3, -0.25) is 4.79 Å². The van der Waals surface area contributed by atoms with Crippen molar-refractivity contribution in [1.29, 1.82) is 0 Å². The zero-order valence-electron chi connectivity index (χ0n) is 7.03. The number of nitrogens with zero attached hydrogens (tertiary/aromatic N) is 3. The largest absolute Gasteiger partial charge is 0.297 e. The molecule has 1 aliphatic rings. The van der Waals surface area contributed by atoms with Crippen LogP contribution in [0.5, 0.6) is 0 Å². The van der Waals surface area contributed by atoms with Gasteiger partial charge in [0.2, 0.25) is 0 Å². The first kappa shape index (κ1) is 7.46. The summed E-state index contributed by atoms with van der Waals surface area (Å²) in [6.45, 7) is 2.38. The number of carbonyl (C=O) groups is 1. The van der Waals surface area contributed by atoms with Crippen LogP contribution in [0.1, 0.15) is 19.8 Å². The summed E-state index contributed by atoms with van der Waals surface area (Å²) in [5.41, 5.74) is -0.0497. The molecular weight excluding hydrogens is 154 g/mol. The van der Waals surface area contributed by atoms with Gasteiger partial charge in [-0.15, -0.1) is 0 Å². The van der Waals surface area contributed by atoms with Crippen LogP contribution in [-0.4, -0.2) is 20.5 Å². The van der Waals surface area contributed by atoms with E-state index in [0.717, 1.165) is 12.8 Å². The Balaban J connectivity index is 2.00. The molecule has 1 aromatic rings. The summed E-state index contributed by atoms with van der Waals surface area (Å²) in [5, 5.41) is 3.88. The maximum atomic E-state index is 11.5. The van der Waals surface area contributed by atoms with Crippen LogP contribution in [0.15, 0.2) is 12.7 Å². The van der Waals surface area contributed by atoms with E-state index in [1.54, 1.807) is 11.0 Å². The molecule has 0 aliphatic heterocycles. The summed E-state index contributed by atoms with van der Waals surface area (Å²) in [4.78, 5) is 15.3. The van der Waals surface area contributed by atoms with Gasteiger partial charge in [-0.05, 0) is 12.8 Å². The van der Waals surface area contributed by atoms with Gasteiger partial charge >= 0.3 is 0 Å². The summed E-state index contributed by atoms with van der Waals surface area (Å²) < 4.78 is 1.58. The lowest BCUT2D eigenvalue weighted by Gasteiger charge is -2.05. The molecule has 0 aromatic carbocycles. The monoisotopic (exact) mass is 165 g/mol. The Morgan fingerprint density at radius 2 is 2.42 bits per heavy atom. The van der Waals surface area contributed by atoms with Crippen molar-refractivity contribution in [2.75, 3.05) is 0 Å². The Morgan fingerprint density at radius 3 is 2.92 bits per heavy atom. The summed E-state index contributed by atoms with van der Waals surface area (Å²) >= 11 is 0. The Labute approximate surface area is 70.6 Å². The second kappa shape index (κ2) is 2.40. The summed E-state index contributed by atoms with van der Waals surface area (Å²) in [5.74, 6) is 0.271. The van der Waals surface area contributed by atoms with Crippen molar-refractivity contribution >= 4 is 5.78 Å². The number of aromatic nitrogens is 3. The van der Waals surface area contributed by atoms with E-state index >= 15 is 0 Å². The van der Waals surface area contributed by atoms with E-state index in [4.69, 9.17) is 0 Å². The van der Waals surface area contributed by atoms with Crippen LogP contribution in [0.4, 0.5) is 0 Å². The lowest BCUT2D eigenvalue weighted by molar-refractivity contribution is -0.124. The predicted molar refractivity (Wildman–Crippen MR) is 42.4 cm³/mol. The van der Waals surface area contributed by atoms with Crippen molar-refractivity contribution in [3.63, 3.8) is 0 Å². The van der Waals surface area contributed by atoms with E-state index < -0.39 is 0 Å². The molecule has 0 N–H and O–H groups in total. The van der Waals surface area contributed by atoms with Crippen molar-refractivity contribution in [3.8, 4) is 0 Å². The molecule has 1 heterocycles. The van der Waals surface area contributed by atoms with Crippen LogP contribution in [0.3, 0.4) is 0 Å². The first-order chi connectivity index (χ1) is 5.71. The lowest BCUT2D eigenvalue weighted by atomic mass is 10.0. The molecule has 1 saturated carbocycles. The fraction of sp³-hybridized carbons (Fsp3) is 0.625. The molecule has 4 nitrogen and oxygen atoms in total. The molecule has 12 heavy (non-hydrogen) atoms. The molecule has 0 amide bonds. The Kier molecular flexibility index (Phi) is 1.49. The van der Waals surface area contributed by atoms with Crippen LogP contribution >= 0.6 is 0 Å². The van der Waals surface area contributed by atoms with E-state index in [-0.39, 0.29) is 11.2 Å². The topological polar surface area (TPSA) is 47.8 Å². The van der Waals surface area contributed by atoms with E-state index in [1.807, 2.05) is 6.92 Å². The highest BCUT2D eigenvalue weighted by molar-refractivity contribution is 5.86. The highest BCUT2D eigenvalue weighted by Crippen LogP contribution is 2.45. The van der Waals surface area contributed by atoms with Gasteiger partial charge in [0.15, 0.2) is 5.78 Å². The molecule has 0 saturated heterocycles. The van der Waals surface area contributed by atoms with Gasteiger partial charge in [-0.2, -0.15) is 5.10 Å². The molecule has 64 valence electrons. The molecule has 4 heteroatoms. The average Bonchev–Trinajstić information content (AvgIpc) is 2.63. The van der Waals surface area contributed by atoms with Crippen LogP contribution in [0.2, 0.25) is 0 Å². The summed E-state index contributed by atoms with van der Waals surface area (Å²) in [6, 6.07) is 0. The minimum atomic E-state index is -0.0497. The molecule has 0 unspecified atom stereocenters. The van der Waals surface area contributed by atoms with Crippen molar-refractivity contribution in [3.05, 3.63) is 12.7 Å². The van der Waals surface area contributed by atoms with E-state index in [0.29, 0.717) is 6.54 Å². The molecule has 0 radical (unpaired) electrons. The van der Waals surface area contributed by atoms with E-state index in [1.165, 1.54) is 6.33 Å². The maximum Gasteiger partial charge on any atom is 0.160 e. The third-order valence-electron chi connectivity index (χ3n) is 2.45. The minimum Gasteiger partial charge on any atom is -0.297 e. The normalized spacial score (nSPS) is 19.1. The molecule has 0 bridgehead atoms. The zero-order valence-corrected chi connectivity index (χ0v) is 7.03. The molecule has 0 spiro atoms. The number of rotatable bonds is 3. The Morgan fingerprint density at radius 1 is 1.67 bits per heavy atom. The third-order valence-corrected chi connectivity index (χ3v) is 2.45. The lowest BCUT2D eigenvalue weighted by Crippen LogP contribution is -2.18. The van der Waals surface area contributed by atoms with Crippen LogP contribution in [0, 0.1) is 5.41 Å². The van der Waals surface area contributed by atoms with Gasteiger partial charge < -0.3 is 0 Å². The number of hydrogen-bond acceptors (Lipinski definition) is 3. The molecule has 1 aliphatic carbocycles. The van der Waals surface area contributed by atoms with Crippen LogP contribution < -0.4 is 0 Å². The predicted octanol–water partition coefficient (Wildman–Crippen LogP) is 0.647. The van der Waals surface area contributed by atoms with Gasteiger partial charge in [-0.25, -0.2) is 9.67 Å². The van der Waals surface area contributed by atoms with Crippen LogP contribution in [-0.2, 0) is 11.3 Å². The fourth-order valence-electron chi connectivity index (χ4n) is 1.12. The van der Waals surface area contributed by atoms with Crippen molar-refractivity contribution in [1.82, 2.24) is 14.8 Å². The Bertz CT molecular complexity index is 287. The van der Waals surface area contributed by atoms with Gasteiger partial charge in [0.1, 0.15) is 19.2 Å². The minimum absolute atomic E-state index is 0.0497. The van der Waals surface area contributed by atoms with E-state index in [2.05, 4.69) is 10.1 Å². The highest BCUT2D eigenvalue weighted by atomic mass is 16.1. The van der Waals surface area contributed by atoms with Gasteiger partial charge in [0.05, 0.1) is 0 Å². The average molecular weight is 165 g/mol. The third kappa shape index (κ3) is 1.24. The second-order valence-electron chi connectivity index (χ2n) is 3.58. The molecule has 0 atom stereocenters. The standard InChI is InChI=1S/C8H11N3O/c1-8(2-3-8)7(12)4-11-6-9-5-10-11/h5-6H,2-4H2,1H3. The molecular formula is C8H11N3O. The quantitative estimate of drug-likeness (QED) is 0.660. The SMILES string of the molecule is CC1(C(=O)Cn2cncn2)CC1. The second-order valence-corrected chi connectivity index (χ2v) is 3.58. The number of ketones is 1. The zero-order chi connectivity index (χ0) is 8.60. The highest BCUT2D eigenvalue weighted by Gasteiger charge is 2.44. The first-order valence-corrected chi connectivity index (χ1v) is 4.06. The van der Waals surface area contributed by atoms with Crippen LogP contribution in [0.25, 0.3) is 0 Å². The van der Waals surface area contributed by atoms with Gasteiger partial charge in [-0.1, -0.05) is 6.92 Å². The maximum absolute atomic E-state index is 11.5. The van der Waals surface area contributed by atoms with Crippen molar-refractivity contribution in [2.45, 2.75) is 26.3 Å². The first-order valence-electron chi connectivity index (χ1n) is 4.06. The Hall–Kier alpha value is -1.19. The number of carbonyl (C=O) groups excluding carboxylic acids is 1. The number of hydrogen-bond donors (Lipinski definition) is 0. The molecule has 1 fully saturated rings. The number of Topliss-reactive ketones (excluding diaryl/α,β-unsaturated/α-hetero) is 1. The summed E-state index contributed by atoms with van der Waals surface area (Å²) in [7, 11) is 0. The fourth-order valence-corrected chi connectivity index (χ4v) is 1.12. The molecule has 1 aromatic heterocycles. The van der Waals surface area contributed by atoms with Crippen molar-refractivity contribution < 1.29 is 4.79 Å². The summed E-state index contributed by atoms with van der Waals surface area (Å²) in [6.07, 6.45) is 5.08. The van der Waals surface area contributed by atoms with E-state index in [9.17, 15) is 4.79 Å².